The fraction of sp³-hybridized carbons (Fsp3) is 0.500. The first-order valence-corrected chi connectivity index (χ1v) is 9.23. The molecule has 0 radical (unpaired) electrons. The van der Waals surface area contributed by atoms with Gasteiger partial charge >= 0.3 is 0 Å². The van der Waals surface area contributed by atoms with Gasteiger partial charge in [0.05, 0.1) is 6.42 Å². The van der Waals surface area contributed by atoms with E-state index >= 15 is 0 Å². The standard InChI is InChI=1S/C18H20N6O2/c25-16(23-7-2-1-3-8-23)11-15-21-20-14-10-13(6-9-24(14)15)18-19-17(22-26-18)12-4-5-12/h6,9-10,12H,1-5,7-8,11H2. The van der Waals surface area contributed by atoms with Gasteiger partial charge in [0.15, 0.2) is 11.5 Å². The van der Waals surface area contributed by atoms with Gasteiger partial charge in [-0.1, -0.05) is 5.16 Å². The number of hydrogen-bond donors (Lipinski definition) is 0. The van der Waals surface area contributed by atoms with Crippen LogP contribution in [0.2, 0.25) is 0 Å². The third kappa shape index (κ3) is 2.85. The number of nitrogens with zero attached hydrogens (tertiary/aromatic N) is 6. The summed E-state index contributed by atoms with van der Waals surface area (Å²) in [5.41, 5.74) is 1.49. The second-order valence-electron chi connectivity index (χ2n) is 7.11. The molecular weight excluding hydrogens is 332 g/mol. The van der Waals surface area contributed by atoms with Crippen molar-refractivity contribution in [3.05, 3.63) is 30.0 Å². The molecule has 8 nitrogen and oxygen atoms in total. The lowest BCUT2D eigenvalue weighted by Crippen LogP contribution is -2.36. The van der Waals surface area contributed by atoms with E-state index in [-0.39, 0.29) is 12.3 Å². The normalized spacial score (nSPS) is 17.8. The van der Waals surface area contributed by atoms with Crippen LogP contribution in [0.3, 0.4) is 0 Å². The maximum absolute atomic E-state index is 12.5. The van der Waals surface area contributed by atoms with Crippen LogP contribution in [0, 0.1) is 0 Å². The van der Waals surface area contributed by atoms with E-state index < -0.39 is 0 Å². The highest BCUT2D eigenvalue weighted by molar-refractivity contribution is 5.78. The zero-order chi connectivity index (χ0) is 17.5. The predicted octanol–water partition coefficient (Wildman–Crippen LogP) is 2.21. The molecule has 1 amide bonds. The van der Waals surface area contributed by atoms with E-state index in [0.29, 0.717) is 23.3 Å². The van der Waals surface area contributed by atoms with Crippen LogP contribution in [0.5, 0.6) is 0 Å². The molecule has 1 aliphatic heterocycles. The summed E-state index contributed by atoms with van der Waals surface area (Å²) >= 11 is 0. The van der Waals surface area contributed by atoms with E-state index in [1.807, 2.05) is 27.6 Å². The van der Waals surface area contributed by atoms with E-state index in [1.54, 1.807) is 0 Å². The maximum Gasteiger partial charge on any atom is 0.258 e. The molecule has 1 saturated heterocycles. The van der Waals surface area contributed by atoms with Gasteiger partial charge in [0.25, 0.3) is 5.89 Å². The molecule has 0 unspecified atom stereocenters. The molecule has 1 aliphatic carbocycles. The van der Waals surface area contributed by atoms with Crippen LogP contribution in [0.1, 0.15) is 49.7 Å². The Hall–Kier alpha value is -2.77. The van der Waals surface area contributed by atoms with Gasteiger partial charge in [-0.05, 0) is 44.2 Å². The molecule has 3 aromatic rings. The highest BCUT2D eigenvalue weighted by atomic mass is 16.5. The molecule has 0 spiro atoms. The first-order valence-electron chi connectivity index (χ1n) is 9.23. The lowest BCUT2D eigenvalue weighted by atomic mass is 10.1. The molecule has 8 heteroatoms. The summed E-state index contributed by atoms with van der Waals surface area (Å²) in [5, 5.41) is 12.5. The summed E-state index contributed by atoms with van der Waals surface area (Å²) in [4.78, 5) is 18.9. The summed E-state index contributed by atoms with van der Waals surface area (Å²) in [6.45, 7) is 1.69. The largest absolute Gasteiger partial charge is 0.342 e. The number of hydrogen-bond acceptors (Lipinski definition) is 6. The van der Waals surface area contributed by atoms with Crippen molar-refractivity contribution in [1.29, 1.82) is 0 Å². The van der Waals surface area contributed by atoms with Gasteiger partial charge in [-0.3, -0.25) is 9.20 Å². The number of aromatic nitrogens is 5. The van der Waals surface area contributed by atoms with Crippen molar-refractivity contribution in [3.63, 3.8) is 0 Å². The minimum atomic E-state index is 0.119. The molecule has 134 valence electrons. The molecular formula is C18H20N6O2. The second kappa shape index (κ2) is 6.19. The Kier molecular flexibility index (Phi) is 3.69. The Morgan fingerprint density at radius 1 is 1.19 bits per heavy atom. The van der Waals surface area contributed by atoms with Crippen molar-refractivity contribution in [2.45, 2.75) is 44.4 Å². The van der Waals surface area contributed by atoms with Gasteiger partial charge in [-0.15, -0.1) is 10.2 Å². The Labute approximate surface area is 150 Å². The van der Waals surface area contributed by atoms with Crippen molar-refractivity contribution in [1.82, 2.24) is 29.6 Å². The Morgan fingerprint density at radius 3 is 2.85 bits per heavy atom. The van der Waals surface area contributed by atoms with Crippen LogP contribution in [-0.2, 0) is 11.2 Å². The smallest absolute Gasteiger partial charge is 0.258 e. The molecule has 0 N–H and O–H groups in total. The average Bonchev–Trinajstić information content (AvgIpc) is 3.28. The zero-order valence-corrected chi connectivity index (χ0v) is 14.5. The number of carbonyl (C=O) groups excluding carboxylic acids is 1. The fourth-order valence-corrected chi connectivity index (χ4v) is 3.44. The highest BCUT2D eigenvalue weighted by Crippen LogP contribution is 2.38. The lowest BCUT2D eigenvalue weighted by molar-refractivity contribution is -0.131. The van der Waals surface area contributed by atoms with Gasteiger partial charge in [-0.25, -0.2) is 0 Å². The first-order chi connectivity index (χ1) is 12.8. The molecule has 5 rings (SSSR count). The Morgan fingerprint density at radius 2 is 2.04 bits per heavy atom. The van der Waals surface area contributed by atoms with Crippen LogP contribution in [0.4, 0.5) is 0 Å². The van der Waals surface area contributed by atoms with E-state index in [0.717, 1.165) is 50.2 Å². The first kappa shape index (κ1) is 15.5. The third-order valence-corrected chi connectivity index (χ3v) is 5.13. The number of pyridine rings is 1. The number of piperidine rings is 1. The molecule has 0 aromatic carbocycles. The second-order valence-corrected chi connectivity index (χ2v) is 7.11. The summed E-state index contributed by atoms with van der Waals surface area (Å²) in [6.07, 6.45) is 7.79. The van der Waals surface area contributed by atoms with E-state index in [2.05, 4.69) is 20.3 Å². The number of carbonyl (C=O) groups is 1. The number of amides is 1. The molecule has 0 bridgehead atoms. The number of fused-ring (bicyclic) bond motifs is 1. The average molecular weight is 352 g/mol. The molecule has 2 fully saturated rings. The fourth-order valence-electron chi connectivity index (χ4n) is 3.44. The quantitative estimate of drug-likeness (QED) is 0.715. The van der Waals surface area contributed by atoms with Crippen LogP contribution in [0.25, 0.3) is 17.1 Å². The topological polar surface area (TPSA) is 89.4 Å². The molecule has 0 atom stereocenters. The number of likely N-dealkylation sites (tertiary alicyclic amines) is 1. The summed E-state index contributed by atoms with van der Waals surface area (Å²) in [7, 11) is 0. The lowest BCUT2D eigenvalue weighted by Gasteiger charge is -2.26. The van der Waals surface area contributed by atoms with Crippen molar-refractivity contribution < 1.29 is 9.32 Å². The summed E-state index contributed by atoms with van der Waals surface area (Å²) in [6, 6.07) is 3.77. The van der Waals surface area contributed by atoms with Gasteiger partial charge < -0.3 is 9.42 Å². The Balaban J connectivity index is 1.37. The van der Waals surface area contributed by atoms with Gasteiger partial charge in [0.1, 0.15) is 5.82 Å². The van der Waals surface area contributed by atoms with Crippen molar-refractivity contribution in [3.8, 4) is 11.5 Å². The van der Waals surface area contributed by atoms with Gasteiger partial charge in [0.2, 0.25) is 5.91 Å². The molecule has 4 heterocycles. The van der Waals surface area contributed by atoms with Crippen LogP contribution >= 0.6 is 0 Å². The van der Waals surface area contributed by atoms with Gasteiger partial charge in [0, 0.05) is 30.8 Å². The SMILES string of the molecule is O=C(Cc1nnc2cc(-c3nc(C4CC4)no3)ccn12)N1CCCCC1. The minimum Gasteiger partial charge on any atom is -0.342 e. The number of rotatable bonds is 4. The Bertz CT molecular complexity index is 952. The zero-order valence-electron chi connectivity index (χ0n) is 14.5. The summed E-state index contributed by atoms with van der Waals surface area (Å²) < 4.78 is 7.22. The monoisotopic (exact) mass is 352 g/mol. The maximum atomic E-state index is 12.5. The molecule has 2 aliphatic rings. The van der Waals surface area contributed by atoms with Crippen molar-refractivity contribution in [2.75, 3.05) is 13.1 Å². The third-order valence-electron chi connectivity index (χ3n) is 5.13. The van der Waals surface area contributed by atoms with Crippen LogP contribution in [0.15, 0.2) is 22.9 Å². The van der Waals surface area contributed by atoms with Crippen molar-refractivity contribution >= 4 is 11.6 Å². The molecule has 1 saturated carbocycles. The van der Waals surface area contributed by atoms with Crippen LogP contribution in [-0.4, -0.2) is 48.6 Å². The minimum absolute atomic E-state index is 0.119. The van der Waals surface area contributed by atoms with Gasteiger partial charge in [-0.2, -0.15) is 4.98 Å². The highest BCUT2D eigenvalue weighted by Gasteiger charge is 2.29. The predicted molar refractivity (Wildman–Crippen MR) is 92.4 cm³/mol. The van der Waals surface area contributed by atoms with Crippen LogP contribution < -0.4 is 0 Å². The van der Waals surface area contributed by atoms with Crippen molar-refractivity contribution in [2.24, 2.45) is 0 Å². The molecule has 3 aromatic heterocycles. The molecule has 26 heavy (non-hydrogen) atoms. The van der Waals surface area contributed by atoms with E-state index in [9.17, 15) is 4.79 Å². The van der Waals surface area contributed by atoms with E-state index in [1.165, 1.54) is 6.42 Å². The van der Waals surface area contributed by atoms with E-state index in [4.69, 9.17) is 4.52 Å². The summed E-state index contributed by atoms with van der Waals surface area (Å²) in [5.74, 6) is 2.52.